The van der Waals surface area contributed by atoms with E-state index in [9.17, 15) is 30.1 Å². The lowest BCUT2D eigenvalue weighted by molar-refractivity contribution is -0.991. The average Bonchev–Trinajstić information content (AvgIpc) is 3.19. The normalized spacial score (nSPS) is 37.0. The Bertz CT molecular complexity index is 1280. The lowest BCUT2D eigenvalue weighted by atomic mass is 9.46. The first-order valence-corrected chi connectivity index (χ1v) is 14.9. The van der Waals surface area contributed by atoms with Gasteiger partial charge >= 0.3 is 5.97 Å². The molecule has 42 heavy (non-hydrogen) atoms. The summed E-state index contributed by atoms with van der Waals surface area (Å²) < 4.78 is 0. The van der Waals surface area contributed by atoms with Crippen LogP contribution in [0.5, 0.6) is 0 Å². The number of amides is 1. The van der Waals surface area contributed by atoms with Crippen molar-refractivity contribution in [3.8, 4) is 0 Å². The summed E-state index contributed by atoms with van der Waals surface area (Å²) in [5, 5.41) is 56.9. The number of nitrogens with zero attached hydrogens (tertiary/aromatic N) is 1. The molecule has 0 heterocycles. The van der Waals surface area contributed by atoms with E-state index in [1.807, 2.05) is 6.92 Å². The smallest absolute Gasteiger partial charge is 0.329 e. The SMILES string of the molecule is C[C@]12CCC(=NOCC(=O)N[C@@H](C(=O)O)[C@H](O)c3cccc([NH+]([O-])O)c3)C=C1CC[C@@H]1[C@H]3CC[C@](C)(O)[C@]3(C)CC[C@@H]12. The maximum Gasteiger partial charge on any atom is 0.329 e. The van der Waals surface area contributed by atoms with Gasteiger partial charge in [-0.25, -0.2) is 10.0 Å². The number of aliphatic hydroxyl groups excluding tert-OH is 1. The van der Waals surface area contributed by atoms with Crippen molar-refractivity contribution in [2.24, 2.45) is 33.7 Å². The summed E-state index contributed by atoms with van der Waals surface area (Å²) in [7, 11) is 0. The Kier molecular flexibility index (Phi) is 8.27. The van der Waals surface area contributed by atoms with Crippen LogP contribution >= 0.6 is 0 Å². The lowest BCUT2D eigenvalue weighted by Crippen LogP contribution is -2.99. The Morgan fingerprint density at radius 2 is 1.88 bits per heavy atom. The number of carboxylic acids is 1. The highest BCUT2D eigenvalue weighted by Crippen LogP contribution is 2.67. The van der Waals surface area contributed by atoms with Crippen molar-refractivity contribution in [2.75, 3.05) is 6.61 Å². The predicted octanol–water partition coefficient (Wildman–Crippen LogP) is 2.78. The number of hydrogen-bond donors (Lipinski definition) is 6. The second-order valence-corrected chi connectivity index (χ2v) is 13.4. The van der Waals surface area contributed by atoms with Crippen LogP contribution < -0.4 is 10.5 Å². The fourth-order valence-corrected chi connectivity index (χ4v) is 8.60. The van der Waals surface area contributed by atoms with Gasteiger partial charge in [0.05, 0.1) is 11.3 Å². The van der Waals surface area contributed by atoms with Crippen LogP contribution in [0.2, 0.25) is 0 Å². The minimum absolute atomic E-state index is 0.0142. The number of aliphatic hydroxyl groups is 2. The minimum atomic E-state index is -1.70. The molecule has 1 unspecified atom stereocenters. The van der Waals surface area contributed by atoms with Crippen LogP contribution in [0.25, 0.3) is 0 Å². The fraction of sp³-hybridized carbons (Fsp3) is 0.645. The van der Waals surface area contributed by atoms with Gasteiger partial charge in [-0.2, -0.15) is 5.23 Å². The van der Waals surface area contributed by atoms with Crippen LogP contribution in [0.15, 0.2) is 41.1 Å². The number of nitrogens with one attached hydrogen (secondary N) is 2. The van der Waals surface area contributed by atoms with Gasteiger partial charge < -0.3 is 30.7 Å². The van der Waals surface area contributed by atoms with Crippen LogP contribution in [-0.4, -0.2) is 56.4 Å². The first kappa shape index (κ1) is 30.6. The Labute approximate surface area is 245 Å². The zero-order valence-corrected chi connectivity index (χ0v) is 24.5. The van der Waals surface area contributed by atoms with Gasteiger partial charge in [-0.1, -0.05) is 36.7 Å². The number of oxime groups is 1. The fourth-order valence-electron chi connectivity index (χ4n) is 8.60. The maximum absolute atomic E-state index is 12.5. The van der Waals surface area contributed by atoms with Gasteiger partial charge in [-0.05, 0) is 98.5 Å². The molecule has 0 saturated heterocycles. The predicted molar refractivity (Wildman–Crippen MR) is 152 cm³/mol. The third kappa shape index (κ3) is 5.37. The molecule has 11 heteroatoms. The second kappa shape index (κ2) is 11.3. The van der Waals surface area contributed by atoms with E-state index in [2.05, 4.69) is 30.4 Å². The van der Waals surface area contributed by atoms with E-state index < -0.39 is 41.5 Å². The molecule has 9 atom stereocenters. The first-order valence-electron chi connectivity index (χ1n) is 14.9. The second-order valence-electron chi connectivity index (χ2n) is 13.4. The summed E-state index contributed by atoms with van der Waals surface area (Å²) in [5.74, 6) is -0.503. The number of hydrogen-bond acceptors (Lipinski definition) is 8. The molecule has 1 aromatic carbocycles. The molecule has 5 rings (SSSR count). The summed E-state index contributed by atoms with van der Waals surface area (Å²) in [6.45, 7) is 6.17. The lowest BCUT2D eigenvalue weighted by Gasteiger charge is -2.59. The zero-order valence-electron chi connectivity index (χ0n) is 24.5. The number of allylic oxidation sites excluding steroid dienone is 2. The van der Waals surface area contributed by atoms with Gasteiger partial charge in [0.25, 0.3) is 5.91 Å². The van der Waals surface area contributed by atoms with Crippen LogP contribution in [0, 0.1) is 33.8 Å². The van der Waals surface area contributed by atoms with E-state index in [0.29, 0.717) is 24.2 Å². The minimum Gasteiger partial charge on any atom is -0.595 e. The van der Waals surface area contributed by atoms with E-state index >= 15 is 0 Å². The number of benzene rings is 1. The van der Waals surface area contributed by atoms with Crippen molar-refractivity contribution in [3.05, 3.63) is 46.7 Å². The molecule has 4 aliphatic rings. The van der Waals surface area contributed by atoms with Crippen molar-refractivity contribution in [2.45, 2.75) is 89.9 Å². The summed E-state index contributed by atoms with van der Waals surface area (Å²) in [6, 6.07) is 3.57. The molecule has 4 aliphatic carbocycles. The highest BCUT2D eigenvalue weighted by atomic mass is 16.8. The molecule has 1 aromatic rings. The third-order valence-corrected chi connectivity index (χ3v) is 11.3. The third-order valence-electron chi connectivity index (χ3n) is 11.3. The molecule has 0 radical (unpaired) electrons. The molecular formula is C31H43N3O8. The molecule has 0 spiro atoms. The van der Waals surface area contributed by atoms with Crippen molar-refractivity contribution in [1.82, 2.24) is 5.32 Å². The van der Waals surface area contributed by atoms with E-state index in [4.69, 9.17) is 10.0 Å². The molecule has 0 aromatic heterocycles. The van der Waals surface area contributed by atoms with Gasteiger partial charge in [0.15, 0.2) is 18.3 Å². The van der Waals surface area contributed by atoms with Gasteiger partial charge in [-0.15, -0.1) is 0 Å². The van der Waals surface area contributed by atoms with E-state index in [1.165, 1.54) is 29.8 Å². The van der Waals surface area contributed by atoms with E-state index in [1.54, 1.807) is 0 Å². The van der Waals surface area contributed by atoms with Crippen LogP contribution in [0.3, 0.4) is 0 Å². The summed E-state index contributed by atoms with van der Waals surface area (Å²) >= 11 is 0. The quantitative estimate of drug-likeness (QED) is 0.252. The first-order chi connectivity index (χ1) is 19.8. The standard InChI is InChI=1S/C31H43N3O8/c1-29-12-9-20(16-19(29)7-8-22-23(29)10-13-30(2)24(22)11-14-31(30,3)39)33-42-17-25(35)32-26(28(37)38)27(36)18-5-4-6-21(15-18)34(40)41/h4-6,15-16,22-24,26-27,34,36,39-40H,7-14,17H2,1-3H3,(H,32,35)(H,37,38)/t22-,23-,24+,26+,27+,29-,30+,31-/m0/s1. The molecule has 6 N–H and O–H groups in total. The Hall–Kier alpha value is -2.83. The number of carbonyl (C=O) groups is 2. The van der Waals surface area contributed by atoms with Crippen LogP contribution in [0.1, 0.15) is 83.8 Å². The topological polar surface area (TPSA) is 176 Å². The van der Waals surface area contributed by atoms with E-state index in [-0.39, 0.29) is 22.1 Å². The number of rotatable bonds is 8. The largest absolute Gasteiger partial charge is 0.595 e. The average molecular weight is 586 g/mol. The molecule has 230 valence electrons. The Morgan fingerprint density at radius 3 is 2.60 bits per heavy atom. The van der Waals surface area contributed by atoms with Gasteiger partial charge in [0.1, 0.15) is 6.10 Å². The van der Waals surface area contributed by atoms with Crippen molar-refractivity contribution >= 4 is 23.3 Å². The number of aliphatic carboxylic acids is 1. The summed E-state index contributed by atoms with van der Waals surface area (Å²) in [5.41, 5.74) is 1.53. The van der Waals surface area contributed by atoms with Gasteiger partial charge in [0, 0.05) is 12.1 Å². The molecule has 0 aliphatic heterocycles. The summed E-state index contributed by atoms with van der Waals surface area (Å²) in [4.78, 5) is 29.6. The Morgan fingerprint density at radius 1 is 1.14 bits per heavy atom. The van der Waals surface area contributed by atoms with Crippen LogP contribution in [0.4, 0.5) is 5.69 Å². The highest BCUT2D eigenvalue weighted by molar-refractivity contribution is 5.96. The van der Waals surface area contributed by atoms with Gasteiger partial charge in [0.2, 0.25) is 0 Å². The molecule has 3 saturated carbocycles. The number of carbonyl (C=O) groups excluding carboxylic acids is 1. The molecule has 3 fully saturated rings. The number of carboxylic acid groups (broad SMARTS) is 1. The van der Waals surface area contributed by atoms with Crippen molar-refractivity contribution in [3.63, 3.8) is 0 Å². The monoisotopic (exact) mass is 585 g/mol. The highest BCUT2D eigenvalue weighted by Gasteiger charge is 2.62. The van der Waals surface area contributed by atoms with Gasteiger partial charge in [-0.3, -0.25) is 4.79 Å². The molecule has 0 bridgehead atoms. The Balaban J connectivity index is 1.20. The summed E-state index contributed by atoms with van der Waals surface area (Å²) in [6.07, 6.45) is 8.31. The van der Waals surface area contributed by atoms with Crippen molar-refractivity contribution in [1.29, 1.82) is 0 Å². The maximum atomic E-state index is 12.5. The van der Waals surface area contributed by atoms with E-state index in [0.717, 1.165) is 50.7 Å². The number of fused-ring (bicyclic) bond motifs is 5. The molecular weight excluding hydrogens is 542 g/mol. The molecule has 11 nitrogen and oxygen atoms in total. The van der Waals surface area contributed by atoms with Crippen LogP contribution in [-0.2, 0) is 14.4 Å². The molecule has 1 amide bonds. The number of quaternary nitrogens is 1. The van der Waals surface area contributed by atoms with Crippen molar-refractivity contribution < 1.29 is 40.2 Å². The zero-order chi connectivity index (χ0) is 30.4.